The molecule has 0 aromatic carbocycles. The molecule has 0 amide bonds. The van der Waals surface area contributed by atoms with Crippen LogP contribution in [0.15, 0.2) is 0 Å². The maximum absolute atomic E-state index is 11.2. The summed E-state index contributed by atoms with van der Waals surface area (Å²) in [6, 6.07) is 0. The van der Waals surface area contributed by atoms with Crippen molar-refractivity contribution < 1.29 is 17.3 Å². The smallest absolute Gasteiger partial charge is 0.197 e. The molecule has 0 aliphatic rings. The topological polar surface area (TPSA) is 43.4 Å². The predicted octanol–water partition coefficient (Wildman–Crippen LogP) is 1.80. The minimum atomic E-state index is -3.87. The normalized spacial score (nSPS) is 11.8. The Morgan fingerprint density at radius 2 is 1.91 bits per heavy atom. The highest BCUT2D eigenvalue weighted by molar-refractivity contribution is 7.86. The van der Waals surface area contributed by atoms with Gasteiger partial charge in [-0.15, -0.1) is 0 Å². The van der Waals surface area contributed by atoms with Gasteiger partial charge in [-0.3, -0.25) is 0 Å². The van der Waals surface area contributed by atoms with E-state index in [1.807, 2.05) is 6.92 Å². The molecule has 3 nitrogen and oxygen atoms in total. The molecular formula is C6H13FO3S. The Morgan fingerprint density at radius 1 is 1.27 bits per heavy atom. The lowest BCUT2D eigenvalue weighted by atomic mass is 10.2. The van der Waals surface area contributed by atoms with Gasteiger partial charge >= 0.3 is 0 Å². The van der Waals surface area contributed by atoms with E-state index in [4.69, 9.17) is 0 Å². The quantitative estimate of drug-likeness (QED) is 0.591. The number of hydrogen-bond donors (Lipinski definition) is 0. The Hall–Kier alpha value is -0.160. The molecule has 0 atom stereocenters. The van der Waals surface area contributed by atoms with Gasteiger partial charge < -0.3 is 0 Å². The van der Waals surface area contributed by atoms with E-state index >= 15 is 0 Å². The second-order valence-corrected chi connectivity index (χ2v) is 4.04. The van der Waals surface area contributed by atoms with Gasteiger partial charge in [-0.2, -0.15) is 8.42 Å². The molecule has 5 heteroatoms. The number of unbranched alkanes of at least 4 members (excludes halogenated alkanes) is 3. The zero-order valence-electron chi connectivity index (χ0n) is 6.55. The molecule has 0 spiro atoms. The molecule has 0 unspecified atom stereocenters. The van der Waals surface area contributed by atoms with Gasteiger partial charge in [0.05, 0.1) is 5.75 Å². The Balaban J connectivity index is 3.39. The molecule has 0 aromatic heterocycles. The minimum Gasteiger partial charge on any atom is -0.197 e. The van der Waals surface area contributed by atoms with Gasteiger partial charge in [-0.25, -0.2) is 0 Å². The van der Waals surface area contributed by atoms with E-state index < -0.39 is 10.1 Å². The first kappa shape index (κ1) is 10.8. The molecule has 0 saturated heterocycles. The predicted molar refractivity (Wildman–Crippen MR) is 40.1 cm³/mol. The van der Waals surface area contributed by atoms with Gasteiger partial charge in [0, 0.05) is 0 Å². The summed E-state index contributed by atoms with van der Waals surface area (Å²) in [5.41, 5.74) is 0. The summed E-state index contributed by atoms with van der Waals surface area (Å²) in [5, 5.41) is 0. The van der Waals surface area contributed by atoms with E-state index in [2.05, 4.69) is 4.39 Å². The van der Waals surface area contributed by atoms with E-state index in [1.165, 1.54) is 0 Å². The van der Waals surface area contributed by atoms with Crippen molar-refractivity contribution in [3.8, 4) is 0 Å². The molecular weight excluding hydrogens is 171 g/mol. The van der Waals surface area contributed by atoms with E-state index in [0.29, 0.717) is 6.42 Å². The third-order valence-electron chi connectivity index (χ3n) is 1.34. The fraction of sp³-hybridized carbons (Fsp3) is 1.00. The van der Waals surface area contributed by atoms with Crippen molar-refractivity contribution in [3.63, 3.8) is 0 Å². The van der Waals surface area contributed by atoms with Crippen LogP contribution in [-0.4, -0.2) is 14.2 Å². The van der Waals surface area contributed by atoms with Gasteiger partial charge in [0.2, 0.25) is 0 Å². The molecule has 0 heterocycles. The van der Waals surface area contributed by atoms with Crippen LogP contribution in [0.5, 0.6) is 0 Å². The highest BCUT2D eigenvalue weighted by Gasteiger charge is 2.09. The zero-order valence-corrected chi connectivity index (χ0v) is 7.36. The Labute approximate surface area is 66.6 Å². The monoisotopic (exact) mass is 184 g/mol. The van der Waals surface area contributed by atoms with Crippen LogP contribution in [0.2, 0.25) is 0 Å². The summed E-state index contributed by atoms with van der Waals surface area (Å²) in [5.74, 6) is -0.219. The largest absolute Gasteiger partial charge is 0.297 e. The minimum absolute atomic E-state index is 0.219. The summed E-state index contributed by atoms with van der Waals surface area (Å²) in [7, 11) is -3.87. The van der Waals surface area contributed by atoms with Crippen molar-refractivity contribution in [3.05, 3.63) is 0 Å². The summed E-state index contributed by atoms with van der Waals surface area (Å²) in [6.07, 6.45) is 3.28. The van der Waals surface area contributed by atoms with Crippen LogP contribution in [0, 0.1) is 0 Å². The van der Waals surface area contributed by atoms with Crippen LogP contribution in [0.4, 0.5) is 4.53 Å². The number of hydrogen-bond acceptors (Lipinski definition) is 3. The number of halogens is 1. The Morgan fingerprint density at radius 3 is 2.36 bits per heavy atom. The highest BCUT2D eigenvalue weighted by atomic mass is 32.2. The van der Waals surface area contributed by atoms with Crippen molar-refractivity contribution in [1.82, 2.24) is 0 Å². The van der Waals surface area contributed by atoms with Crippen LogP contribution in [0.1, 0.15) is 32.6 Å². The molecule has 0 N–H and O–H groups in total. The molecule has 0 fully saturated rings. The summed E-state index contributed by atoms with van der Waals surface area (Å²) in [4.78, 5) is 0. The average Bonchev–Trinajstić information content (AvgIpc) is 1.99. The molecule has 0 radical (unpaired) electrons. The second kappa shape index (κ2) is 5.49. The van der Waals surface area contributed by atoms with E-state index in [-0.39, 0.29) is 5.75 Å². The van der Waals surface area contributed by atoms with Crippen molar-refractivity contribution >= 4 is 10.1 Å². The molecule has 0 aliphatic heterocycles. The maximum Gasteiger partial charge on any atom is 0.297 e. The lowest BCUT2D eigenvalue weighted by molar-refractivity contribution is 0.00288. The first-order chi connectivity index (χ1) is 5.12. The van der Waals surface area contributed by atoms with Gasteiger partial charge in [0.15, 0.2) is 0 Å². The van der Waals surface area contributed by atoms with Gasteiger partial charge in [0.25, 0.3) is 10.1 Å². The van der Waals surface area contributed by atoms with Crippen LogP contribution in [0.25, 0.3) is 0 Å². The lowest BCUT2D eigenvalue weighted by Crippen LogP contribution is -2.05. The Bertz CT molecular complexity index is 176. The molecule has 68 valence electrons. The molecule has 0 aliphatic carbocycles. The summed E-state index contributed by atoms with van der Waals surface area (Å²) >= 11 is 0. The van der Waals surface area contributed by atoms with Crippen molar-refractivity contribution in [2.75, 3.05) is 5.75 Å². The molecule has 11 heavy (non-hydrogen) atoms. The van der Waals surface area contributed by atoms with Gasteiger partial charge in [0.1, 0.15) is 0 Å². The fourth-order valence-electron chi connectivity index (χ4n) is 0.737. The maximum atomic E-state index is 11.2. The van der Waals surface area contributed by atoms with Crippen molar-refractivity contribution in [1.29, 1.82) is 0 Å². The fourth-order valence-corrected chi connectivity index (χ4v) is 1.36. The van der Waals surface area contributed by atoms with Crippen LogP contribution >= 0.6 is 0 Å². The van der Waals surface area contributed by atoms with Gasteiger partial charge in [-0.1, -0.05) is 30.6 Å². The van der Waals surface area contributed by atoms with E-state index in [9.17, 15) is 12.9 Å². The lowest BCUT2D eigenvalue weighted by Gasteiger charge is -1.96. The summed E-state index contributed by atoms with van der Waals surface area (Å²) in [6.45, 7) is 2.01. The molecule has 0 aromatic rings. The molecule has 0 saturated carbocycles. The van der Waals surface area contributed by atoms with Crippen LogP contribution < -0.4 is 0 Å². The van der Waals surface area contributed by atoms with E-state index in [1.54, 1.807) is 0 Å². The first-order valence-electron chi connectivity index (χ1n) is 3.65. The SMILES string of the molecule is CCCCCCS(=O)(=O)OF. The Kier molecular flexibility index (Phi) is 5.41. The first-order valence-corrected chi connectivity index (χ1v) is 5.23. The van der Waals surface area contributed by atoms with Gasteiger partial charge in [-0.05, 0) is 10.9 Å². The standard InChI is InChI=1S/C6H13FO3S/c1-2-3-4-5-6-11(8,9)10-7/h2-6H2,1H3. The third-order valence-corrected chi connectivity index (χ3v) is 2.32. The van der Waals surface area contributed by atoms with Crippen LogP contribution in [0.3, 0.4) is 0 Å². The summed E-state index contributed by atoms with van der Waals surface area (Å²) < 4.78 is 34.7. The third kappa shape index (κ3) is 6.25. The molecule has 0 rings (SSSR count). The van der Waals surface area contributed by atoms with Crippen molar-refractivity contribution in [2.24, 2.45) is 0 Å². The average molecular weight is 184 g/mol. The zero-order chi connectivity index (χ0) is 8.74. The second-order valence-electron chi connectivity index (χ2n) is 2.39. The van der Waals surface area contributed by atoms with Crippen molar-refractivity contribution in [2.45, 2.75) is 32.6 Å². The highest BCUT2D eigenvalue weighted by Crippen LogP contribution is 2.03. The van der Waals surface area contributed by atoms with E-state index in [0.717, 1.165) is 19.3 Å². The number of rotatable bonds is 6. The van der Waals surface area contributed by atoms with Crippen LogP contribution in [-0.2, 0) is 14.5 Å². The molecule has 0 bridgehead atoms.